The molecule has 0 saturated carbocycles. The third-order valence-electron chi connectivity index (χ3n) is 2.28. The van der Waals surface area contributed by atoms with E-state index in [-0.39, 0.29) is 6.61 Å². The van der Waals surface area contributed by atoms with Crippen LogP contribution < -0.4 is 15.8 Å². The standard InChI is InChI=1S/C12H14N4O2/c13-12(17)8-18-11-3-1-9(2-4-11)14-7-10-5-6-15-16-10/h1-6,14H,7-8H2,(H2,13,17)(H,15,16). The van der Waals surface area contributed by atoms with Crippen molar-refractivity contribution in [1.29, 1.82) is 0 Å². The van der Waals surface area contributed by atoms with Crippen molar-refractivity contribution in [3.8, 4) is 5.75 Å². The van der Waals surface area contributed by atoms with E-state index in [1.54, 1.807) is 18.3 Å². The van der Waals surface area contributed by atoms with Gasteiger partial charge in [-0.2, -0.15) is 5.10 Å². The molecule has 1 heterocycles. The quantitative estimate of drug-likeness (QED) is 0.705. The Balaban J connectivity index is 1.85. The van der Waals surface area contributed by atoms with Crippen LogP contribution in [0.1, 0.15) is 5.69 Å². The molecule has 2 aromatic rings. The maximum Gasteiger partial charge on any atom is 0.255 e. The van der Waals surface area contributed by atoms with Crippen molar-refractivity contribution in [2.45, 2.75) is 6.54 Å². The number of carbonyl (C=O) groups is 1. The molecule has 0 unspecified atom stereocenters. The molecular weight excluding hydrogens is 232 g/mol. The molecule has 0 aliphatic heterocycles. The Morgan fingerprint density at radius 3 is 2.72 bits per heavy atom. The highest BCUT2D eigenvalue weighted by atomic mass is 16.5. The molecule has 94 valence electrons. The monoisotopic (exact) mass is 246 g/mol. The number of carbonyl (C=O) groups excluding carboxylic acids is 1. The molecule has 0 aliphatic rings. The molecule has 18 heavy (non-hydrogen) atoms. The van der Waals surface area contributed by atoms with E-state index in [0.29, 0.717) is 12.3 Å². The average Bonchev–Trinajstić information content (AvgIpc) is 2.88. The van der Waals surface area contributed by atoms with Gasteiger partial charge in [0.1, 0.15) is 5.75 Å². The molecule has 6 nitrogen and oxygen atoms in total. The van der Waals surface area contributed by atoms with E-state index in [4.69, 9.17) is 10.5 Å². The number of anilines is 1. The Kier molecular flexibility index (Phi) is 3.80. The van der Waals surface area contributed by atoms with Crippen LogP contribution in [0.15, 0.2) is 36.5 Å². The first kappa shape index (κ1) is 12.0. The van der Waals surface area contributed by atoms with Gasteiger partial charge >= 0.3 is 0 Å². The second-order valence-electron chi connectivity index (χ2n) is 3.71. The van der Waals surface area contributed by atoms with Crippen molar-refractivity contribution < 1.29 is 9.53 Å². The predicted octanol–water partition coefficient (Wildman–Crippen LogP) is 0.886. The van der Waals surface area contributed by atoms with E-state index in [9.17, 15) is 4.79 Å². The summed E-state index contributed by atoms with van der Waals surface area (Å²) in [7, 11) is 0. The van der Waals surface area contributed by atoms with Crippen LogP contribution >= 0.6 is 0 Å². The Morgan fingerprint density at radius 2 is 2.11 bits per heavy atom. The minimum Gasteiger partial charge on any atom is -0.484 e. The van der Waals surface area contributed by atoms with Gasteiger partial charge in [0, 0.05) is 11.9 Å². The third kappa shape index (κ3) is 3.51. The van der Waals surface area contributed by atoms with Gasteiger partial charge in [0.15, 0.2) is 6.61 Å². The number of primary amides is 1. The number of nitrogens with two attached hydrogens (primary N) is 1. The first-order valence-corrected chi connectivity index (χ1v) is 5.47. The van der Waals surface area contributed by atoms with E-state index >= 15 is 0 Å². The number of ether oxygens (including phenoxy) is 1. The predicted molar refractivity (Wildman–Crippen MR) is 67.0 cm³/mol. The van der Waals surface area contributed by atoms with Gasteiger partial charge in [0.25, 0.3) is 5.91 Å². The van der Waals surface area contributed by atoms with E-state index in [1.807, 2.05) is 18.2 Å². The van der Waals surface area contributed by atoms with Gasteiger partial charge < -0.3 is 15.8 Å². The number of rotatable bonds is 6. The molecule has 4 N–H and O–H groups in total. The van der Waals surface area contributed by atoms with Crippen molar-refractivity contribution in [2.75, 3.05) is 11.9 Å². The van der Waals surface area contributed by atoms with Gasteiger partial charge in [0.05, 0.1) is 12.2 Å². The zero-order chi connectivity index (χ0) is 12.8. The number of nitrogens with one attached hydrogen (secondary N) is 2. The van der Waals surface area contributed by atoms with Crippen molar-refractivity contribution in [1.82, 2.24) is 10.2 Å². The van der Waals surface area contributed by atoms with Crippen molar-refractivity contribution in [3.05, 3.63) is 42.2 Å². The number of aromatic amines is 1. The summed E-state index contributed by atoms with van der Waals surface area (Å²) in [5.74, 6) is 0.123. The van der Waals surface area contributed by atoms with Gasteiger partial charge in [-0.25, -0.2) is 0 Å². The molecule has 0 atom stereocenters. The molecule has 0 spiro atoms. The van der Waals surface area contributed by atoms with Gasteiger partial charge in [-0.3, -0.25) is 9.89 Å². The lowest BCUT2D eigenvalue weighted by molar-refractivity contribution is -0.119. The van der Waals surface area contributed by atoms with E-state index in [1.165, 1.54) is 0 Å². The summed E-state index contributed by atoms with van der Waals surface area (Å²) in [6.07, 6.45) is 1.71. The van der Waals surface area contributed by atoms with Crippen LogP contribution in [0, 0.1) is 0 Å². The molecule has 1 aromatic heterocycles. The lowest BCUT2D eigenvalue weighted by atomic mass is 10.3. The fourth-order valence-electron chi connectivity index (χ4n) is 1.40. The molecule has 2 rings (SSSR count). The summed E-state index contributed by atoms with van der Waals surface area (Å²) in [4.78, 5) is 10.5. The minimum atomic E-state index is -0.489. The van der Waals surface area contributed by atoms with Crippen molar-refractivity contribution >= 4 is 11.6 Å². The van der Waals surface area contributed by atoms with Crippen LogP contribution in [-0.2, 0) is 11.3 Å². The number of aromatic nitrogens is 2. The SMILES string of the molecule is NC(=O)COc1ccc(NCc2ccn[nH]2)cc1. The lowest BCUT2D eigenvalue weighted by Gasteiger charge is -2.07. The van der Waals surface area contributed by atoms with Crippen LogP contribution in [0.5, 0.6) is 5.75 Å². The number of H-pyrrole nitrogens is 1. The second kappa shape index (κ2) is 5.72. The fraction of sp³-hybridized carbons (Fsp3) is 0.167. The normalized spacial score (nSPS) is 10.0. The summed E-state index contributed by atoms with van der Waals surface area (Å²) >= 11 is 0. The Hall–Kier alpha value is -2.50. The van der Waals surface area contributed by atoms with Gasteiger partial charge in [-0.15, -0.1) is 0 Å². The Morgan fingerprint density at radius 1 is 1.33 bits per heavy atom. The maximum atomic E-state index is 10.5. The molecular formula is C12H14N4O2. The molecule has 0 bridgehead atoms. The second-order valence-corrected chi connectivity index (χ2v) is 3.71. The van der Waals surface area contributed by atoms with E-state index in [0.717, 1.165) is 11.4 Å². The van der Waals surface area contributed by atoms with Crippen molar-refractivity contribution in [3.63, 3.8) is 0 Å². The maximum absolute atomic E-state index is 10.5. The van der Waals surface area contributed by atoms with Gasteiger partial charge in [0.2, 0.25) is 0 Å². The molecule has 6 heteroatoms. The summed E-state index contributed by atoms with van der Waals surface area (Å²) in [6.45, 7) is 0.558. The number of nitrogens with zero attached hydrogens (tertiary/aromatic N) is 1. The summed E-state index contributed by atoms with van der Waals surface area (Å²) in [5.41, 5.74) is 6.94. The first-order chi connectivity index (χ1) is 8.74. The molecule has 0 radical (unpaired) electrons. The van der Waals surface area contributed by atoms with Gasteiger partial charge in [-0.05, 0) is 30.3 Å². The molecule has 1 amide bonds. The minimum absolute atomic E-state index is 0.110. The van der Waals surface area contributed by atoms with E-state index < -0.39 is 5.91 Å². The van der Waals surface area contributed by atoms with Crippen LogP contribution in [0.4, 0.5) is 5.69 Å². The van der Waals surface area contributed by atoms with E-state index in [2.05, 4.69) is 15.5 Å². The number of hydrogen-bond donors (Lipinski definition) is 3. The lowest BCUT2D eigenvalue weighted by Crippen LogP contribution is -2.19. The van der Waals surface area contributed by atoms with Crippen LogP contribution in [0.2, 0.25) is 0 Å². The highest BCUT2D eigenvalue weighted by Crippen LogP contribution is 2.16. The smallest absolute Gasteiger partial charge is 0.255 e. The summed E-state index contributed by atoms with van der Waals surface area (Å²) < 4.78 is 5.15. The Bertz CT molecular complexity index is 493. The molecule has 0 fully saturated rings. The Labute approximate surface area is 104 Å². The number of hydrogen-bond acceptors (Lipinski definition) is 4. The summed E-state index contributed by atoms with van der Waals surface area (Å²) in [5, 5.41) is 9.94. The zero-order valence-corrected chi connectivity index (χ0v) is 9.72. The molecule has 0 aliphatic carbocycles. The van der Waals surface area contributed by atoms with Gasteiger partial charge in [-0.1, -0.05) is 0 Å². The molecule has 0 saturated heterocycles. The fourth-order valence-corrected chi connectivity index (χ4v) is 1.40. The third-order valence-corrected chi connectivity index (χ3v) is 2.28. The highest BCUT2D eigenvalue weighted by Gasteiger charge is 1.98. The van der Waals surface area contributed by atoms with Crippen LogP contribution in [0.25, 0.3) is 0 Å². The highest BCUT2D eigenvalue weighted by molar-refractivity contribution is 5.75. The first-order valence-electron chi connectivity index (χ1n) is 5.47. The largest absolute Gasteiger partial charge is 0.484 e. The van der Waals surface area contributed by atoms with Crippen molar-refractivity contribution in [2.24, 2.45) is 5.73 Å². The average molecular weight is 246 g/mol. The number of benzene rings is 1. The van der Waals surface area contributed by atoms with Crippen LogP contribution in [0.3, 0.4) is 0 Å². The molecule has 1 aromatic carbocycles. The topological polar surface area (TPSA) is 93.0 Å². The van der Waals surface area contributed by atoms with Crippen LogP contribution in [-0.4, -0.2) is 22.7 Å². The zero-order valence-electron chi connectivity index (χ0n) is 9.72. The number of amides is 1. The summed E-state index contributed by atoms with van der Waals surface area (Å²) in [6, 6.07) is 9.19.